The second-order valence-electron chi connectivity index (χ2n) is 8.10. The smallest absolute Gasteiger partial charge is 0.410 e. The first-order valence-corrected chi connectivity index (χ1v) is 9.96. The average molecular weight is 407 g/mol. The van der Waals surface area contributed by atoms with E-state index < -0.39 is 5.60 Å². The van der Waals surface area contributed by atoms with E-state index in [-0.39, 0.29) is 17.7 Å². The molecule has 0 saturated carbocycles. The minimum absolute atomic E-state index is 0.185. The van der Waals surface area contributed by atoms with E-state index in [0.717, 1.165) is 12.8 Å². The van der Waals surface area contributed by atoms with Gasteiger partial charge in [-0.05, 0) is 52.3 Å². The molecule has 0 spiro atoms. The van der Waals surface area contributed by atoms with Gasteiger partial charge < -0.3 is 15.4 Å². The minimum Gasteiger partial charge on any atom is -0.444 e. The fourth-order valence-corrected chi connectivity index (χ4v) is 3.84. The van der Waals surface area contributed by atoms with Crippen molar-refractivity contribution in [1.29, 1.82) is 0 Å². The van der Waals surface area contributed by atoms with E-state index in [0.29, 0.717) is 47.8 Å². The highest BCUT2D eigenvalue weighted by atomic mass is 35.5. The van der Waals surface area contributed by atoms with Gasteiger partial charge in [0.2, 0.25) is 0 Å². The third kappa shape index (κ3) is 4.31. The normalized spacial score (nSPS) is 17.8. The Morgan fingerprint density at radius 3 is 2.82 bits per heavy atom. The molecule has 0 radical (unpaired) electrons. The topological polar surface area (TPSA) is 90.4 Å². The lowest BCUT2D eigenvalue weighted by molar-refractivity contribution is 0.0169. The maximum absolute atomic E-state index is 13.3. The highest BCUT2D eigenvalue weighted by Crippen LogP contribution is 2.26. The Bertz CT molecular complexity index is 935. The summed E-state index contributed by atoms with van der Waals surface area (Å²) in [7, 11) is 0. The van der Waals surface area contributed by atoms with Gasteiger partial charge >= 0.3 is 6.09 Å². The number of likely N-dealkylation sites (tertiary alicyclic amines) is 1. The van der Waals surface area contributed by atoms with Gasteiger partial charge in [0.05, 0.1) is 22.0 Å². The van der Waals surface area contributed by atoms with Crippen LogP contribution in [0.5, 0.6) is 0 Å². The Morgan fingerprint density at radius 2 is 2.14 bits per heavy atom. The van der Waals surface area contributed by atoms with Gasteiger partial charge in [0.15, 0.2) is 0 Å². The molecule has 1 saturated heterocycles. The summed E-state index contributed by atoms with van der Waals surface area (Å²) in [4.78, 5) is 32.1. The van der Waals surface area contributed by atoms with Crippen molar-refractivity contribution in [3.05, 3.63) is 39.4 Å². The molecule has 0 bridgehead atoms. The number of piperidine rings is 1. The number of aromatic nitrogens is 2. The molecule has 1 aliphatic heterocycles. The van der Waals surface area contributed by atoms with Crippen LogP contribution in [0.15, 0.2) is 23.0 Å². The van der Waals surface area contributed by atoms with E-state index >= 15 is 0 Å². The SMILES string of the molecule is CC(C)(C)OC(=O)N1CCCC(n2c(CCN)nc3cccc(Cl)c3c2=O)C1. The molecule has 1 unspecified atom stereocenters. The third-order valence-electron chi connectivity index (χ3n) is 4.73. The van der Waals surface area contributed by atoms with Crippen LogP contribution in [0.3, 0.4) is 0 Å². The molecular formula is C20H27ClN4O3. The van der Waals surface area contributed by atoms with Crippen molar-refractivity contribution in [2.75, 3.05) is 19.6 Å². The van der Waals surface area contributed by atoms with Gasteiger partial charge in [0, 0.05) is 19.5 Å². The standard InChI is InChI=1S/C20H27ClN4O3/c1-20(2,3)28-19(27)24-11-5-6-13(12-24)25-16(9-10-22)23-15-8-4-7-14(21)17(15)18(25)26/h4,7-8,13H,5-6,9-12,22H2,1-3H3. The average Bonchev–Trinajstić information content (AvgIpc) is 2.60. The Balaban J connectivity index is 2.01. The molecule has 152 valence electrons. The number of hydrogen-bond acceptors (Lipinski definition) is 5. The quantitative estimate of drug-likeness (QED) is 0.845. The van der Waals surface area contributed by atoms with Crippen LogP contribution in [0.2, 0.25) is 5.02 Å². The molecule has 28 heavy (non-hydrogen) atoms. The molecule has 1 aromatic carbocycles. The fourth-order valence-electron chi connectivity index (χ4n) is 3.59. The predicted octanol–water partition coefficient (Wildman–Crippen LogP) is 3.12. The van der Waals surface area contributed by atoms with Gasteiger partial charge in [-0.3, -0.25) is 9.36 Å². The number of carbonyl (C=O) groups is 1. The van der Waals surface area contributed by atoms with Crippen molar-refractivity contribution in [3.8, 4) is 0 Å². The van der Waals surface area contributed by atoms with Crippen molar-refractivity contribution in [2.45, 2.75) is 51.7 Å². The van der Waals surface area contributed by atoms with Gasteiger partial charge in [-0.1, -0.05) is 17.7 Å². The van der Waals surface area contributed by atoms with Crippen molar-refractivity contribution >= 4 is 28.6 Å². The molecular weight excluding hydrogens is 380 g/mol. The predicted molar refractivity (Wildman–Crippen MR) is 110 cm³/mol. The zero-order chi connectivity index (χ0) is 20.5. The molecule has 1 fully saturated rings. The van der Waals surface area contributed by atoms with E-state index in [2.05, 4.69) is 4.98 Å². The summed E-state index contributed by atoms with van der Waals surface area (Å²) in [6.07, 6.45) is 1.66. The molecule has 2 aromatic rings. The number of amides is 1. The second kappa shape index (κ2) is 8.09. The lowest BCUT2D eigenvalue weighted by Gasteiger charge is -2.35. The van der Waals surface area contributed by atoms with Crippen LogP contribution >= 0.6 is 11.6 Å². The van der Waals surface area contributed by atoms with Crippen molar-refractivity contribution in [1.82, 2.24) is 14.5 Å². The number of benzene rings is 1. The number of rotatable bonds is 3. The molecule has 1 aliphatic rings. The molecule has 1 amide bonds. The van der Waals surface area contributed by atoms with Gasteiger partial charge in [-0.2, -0.15) is 0 Å². The van der Waals surface area contributed by atoms with Crippen LogP contribution in [0.1, 0.15) is 45.5 Å². The molecule has 1 atom stereocenters. The highest BCUT2D eigenvalue weighted by molar-refractivity contribution is 6.35. The number of fused-ring (bicyclic) bond motifs is 1. The number of carbonyl (C=O) groups excluding carboxylic acids is 1. The molecule has 2 N–H and O–H groups in total. The summed E-state index contributed by atoms with van der Waals surface area (Å²) < 4.78 is 7.18. The molecule has 7 nitrogen and oxygen atoms in total. The monoisotopic (exact) mass is 406 g/mol. The summed E-state index contributed by atoms with van der Waals surface area (Å²) >= 11 is 6.29. The third-order valence-corrected chi connectivity index (χ3v) is 5.05. The van der Waals surface area contributed by atoms with Crippen molar-refractivity contribution in [2.24, 2.45) is 5.73 Å². The van der Waals surface area contributed by atoms with Gasteiger partial charge in [-0.25, -0.2) is 9.78 Å². The van der Waals surface area contributed by atoms with Crippen LogP contribution in [-0.2, 0) is 11.2 Å². The number of hydrogen-bond donors (Lipinski definition) is 1. The lowest BCUT2D eigenvalue weighted by Crippen LogP contribution is -2.45. The van der Waals surface area contributed by atoms with E-state index in [9.17, 15) is 9.59 Å². The Kier molecular flexibility index (Phi) is 5.95. The first-order valence-electron chi connectivity index (χ1n) is 9.59. The molecule has 1 aromatic heterocycles. The van der Waals surface area contributed by atoms with Crippen LogP contribution in [-0.4, -0.2) is 45.8 Å². The summed E-state index contributed by atoms with van der Waals surface area (Å²) in [5.41, 5.74) is 5.58. The number of nitrogens with zero attached hydrogens (tertiary/aromatic N) is 3. The molecule has 2 heterocycles. The van der Waals surface area contributed by atoms with E-state index in [4.69, 9.17) is 22.1 Å². The molecule has 3 rings (SSSR count). The maximum atomic E-state index is 13.3. The molecule has 8 heteroatoms. The zero-order valence-corrected chi connectivity index (χ0v) is 17.3. The van der Waals surface area contributed by atoms with Gasteiger partial charge in [0.25, 0.3) is 5.56 Å². The Morgan fingerprint density at radius 1 is 1.39 bits per heavy atom. The van der Waals surface area contributed by atoms with Gasteiger partial charge in [-0.15, -0.1) is 0 Å². The first-order chi connectivity index (χ1) is 13.2. The van der Waals surface area contributed by atoms with Gasteiger partial charge in [0.1, 0.15) is 11.4 Å². The maximum Gasteiger partial charge on any atom is 0.410 e. The Labute approximate surface area is 169 Å². The van der Waals surface area contributed by atoms with Crippen LogP contribution in [0.25, 0.3) is 10.9 Å². The summed E-state index contributed by atoms with van der Waals surface area (Å²) in [5, 5.41) is 0.780. The van der Waals surface area contributed by atoms with Crippen LogP contribution < -0.4 is 11.3 Å². The largest absolute Gasteiger partial charge is 0.444 e. The van der Waals surface area contributed by atoms with Crippen molar-refractivity contribution < 1.29 is 9.53 Å². The van der Waals surface area contributed by atoms with Crippen LogP contribution in [0, 0.1) is 0 Å². The first kappa shape index (κ1) is 20.6. The van der Waals surface area contributed by atoms with E-state index in [1.165, 1.54) is 0 Å². The minimum atomic E-state index is -0.566. The van der Waals surface area contributed by atoms with E-state index in [1.54, 1.807) is 27.7 Å². The zero-order valence-electron chi connectivity index (χ0n) is 16.6. The lowest BCUT2D eigenvalue weighted by atomic mass is 10.0. The highest BCUT2D eigenvalue weighted by Gasteiger charge is 2.30. The number of halogens is 1. The molecule has 0 aliphatic carbocycles. The summed E-state index contributed by atoms with van der Waals surface area (Å²) in [6, 6.07) is 5.05. The van der Waals surface area contributed by atoms with Crippen molar-refractivity contribution in [3.63, 3.8) is 0 Å². The van der Waals surface area contributed by atoms with Crippen LogP contribution in [0.4, 0.5) is 4.79 Å². The number of ether oxygens (including phenoxy) is 1. The van der Waals surface area contributed by atoms with E-state index in [1.807, 2.05) is 20.8 Å². The fraction of sp³-hybridized carbons (Fsp3) is 0.550. The summed E-state index contributed by atoms with van der Waals surface area (Å²) in [6.45, 7) is 6.89. The Hall–Kier alpha value is -2.12. The number of nitrogens with two attached hydrogens (primary N) is 1. The summed E-state index contributed by atoms with van der Waals surface area (Å²) in [5.74, 6) is 0.623. The second-order valence-corrected chi connectivity index (χ2v) is 8.51.